The molecule has 1 heterocycles. The van der Waals surface area contributed by atoms with Crippen LogP contribution in [0.25, 0.3) is 0 Å². The van der Waals surface area contributed by atoms with Gasteiger partial charge in [-0.05, 0) is 43.4 Å². The molecule has 1 N–H and O–H groups in total. The smallest absolute Gasteiger partial charge is 0.0948 e. The Morgan fingerprint density at radius 2 is 1.95 bits per heavy atom. The van der Waals surface area contributed by atoms with Crippen LogP contribution in [0.1, 0.15) is 71.9 Å². The van der Waals surface area contributed by atoms with E-state index in [0.29, 0.717) is 11.5 Å². The number of aromatic nitrogens is 2. The van der Waals surface area contributed by atoms with E-state index >= 15 is 0 Å². The molecular formula is C18H33N3. The lowest BCUT2D eigenvalue weighted by molar-refractivity contribution is 0.136. The second-order valence-corrected chi connectivity index (χ2v) is 7.35. The molecule has 0 spiro atoms. The molecule has 0 unspecified atom stereocenters. The topological polar surface area (TPSA) is 29.9 Å². The molecule has 1 saturated carbocycles. The van der Waals surface area contributed by atoms with Gasteiger partial charge in [0.05, 0.1) is 12.0 Å². The molecule has 1 aliphatic rings. The van der Waals surface area contributed by atoms with Crippen molar-refractivity contribution in [1.29, 1.82) is 0 Å². The first-order chi connectivity index (χ1) is 10.1. The maximum Gasteiger partial charge on any atom is 0.0948 e. The highest BCUT2D eigenvalue weighted by Crippen LogP contribution is 2.40. The van der Waals surface area contributed by atoms with Crippen molar-refractivity contribution in [2.24, 2.45) is 11.3 Å². The van der Waals surface area contributed by atoms with Crippen molar-refractivity contribution in [2.45, 2.75) is 85.4 Å². The van der Waals surface area contributed by atoms with Crippen LogP contribution in [-0.2, 0) is 13.1 Å². The SMILES string of the molecule is CCCn1cncc1CNC1CCC(C(C)(C)CC)CC1. The van der Waals surface area contributed by atoms with Crippen LogP contribution in [0.2, 0.25) is 0 Å². The Balaban J connectivity index is 1.77. The Kier molecular flexibility index (Phi) is 5.86. The van der Waals surface area contributed by atoms with Crippen molar-refractivity contribution < 1.29 is 0 Å². The van der Waals surface area contributed by atoms with Crippen LogP contribution in [-0.4, -0.2) is 15.6 Å². The maximum atomic E-state index is 4.28. The van der Waals surface area contributed by atoms with Crippen LogP contribution in [0.5, 0.6) is 0 Å². The normalized spacial score (nSPS) is 23.4. The Hall–Kier alpha value is -0.830. The van der Waals surface area contributed by atoms with E-state index in [1.807, 2.05) is 12.5 Å². The molecule has 0 amide bonds. The van der Waals surface area contributed by atoms with E-state index in [9.17, 15) is 0 Å². The predicted octanol–water partition coefficient (Wildman–Crippen LogP) is 4.38. The molecule has 0 aromatic carbocycles. The molecule has 21 heavy (non-hydrogen) atoms. The molecule has 1 aromatic rings. The number of rotatable bonds is 7. The summed E-state index contributed by atoms with van der Waals surface area (Å²) in [4.78, 5) is 4.28. The number of aryl methyl sites for hydroxylation is 1. The summed E-state index contributed by atoms with van der Waals surface area (Å²) < 4.78 is 2.28. The van der Waals surface area contributed by atoms with Gasteiger partial charge < -0.3 is 9.88 Å². The lowest BCUT2D eigenvalue weighted by Gasteiger charge is -2.39. The molecule has 1 aromatic heterocycles. The van der Waals surface area contributed by atoms with Crippen molar-refractivity contribution in [3.05, 3.63) is 18.2 Å². The zero-order valence-electron chi connectivity index (χ0n) is 14.4. The highest BCUT2D eigenvalue weighted by Gasteiger charge is 2.31. The Morgan fingerprint density at radius 1 is 1.24 bits per heavy atom. The third-order valence-electron chi connectivity index (χ3n) is 5.58. The summed E-state index contributed by atoms with van der Waals surface area (Å²) in [5, 5.41) is 3.75. The summed E-state index contributed by atoms with van der Waals surface area (Å²) in [6.07, 6.45) is 11.9. The van der Waals surface area contributed by atoms with Gasteiger partial charge in [-0.3, -0.25) is 0 Å². The highest BCUT2D eigenvalue weighted by molar-refractivity contribution is 4.98. The van der Waals surface area contributed by atoms with E-state index in [4.69, 9.17) is 0 Å². The van der Waals surface area contributed by atoms with Gasteiger partial charge in [0.25, 0.3) is 0 Å². The number of nitrogens with zero attached hydrogens (tertiary/aromatic N) is 2. The van der Waals surface area contributed by atoms with Crippen LogP contribution in [0.4, 0.5) is 0 Å². The summed E-state index contributed by atoms with van der Waals surface area (Å²) >= 11 is 0. The lowest BCUT2D eigenvalue weighted by atomic mass is 9.69. The minimum atomic E-state index is 0.519. The minimum Gasteiger partial charge on any atom is -0.333 e. The van der Waals surface area contributed by atoms with Gasteiger partial charge in [-0.2, -0.15) is 0 Å². The monoisotopic (exact) mass is 291 g/mol. The summed E-state index contributed by atoms with van der Waals surface area (Å²) in [5.74, 6) is 0.908. The highest BCUT2D eigenvalue weighted by atomic mass is 15.1. The summed E-state index contributed by atoms with van der Waals surface area (Å²) in [5.41, 5.74) is 1.85. The van der Waals surface area contributed by atoms with Crippen molar-refractivity contribution in [1.82, 2.24) is 14.9 Å². The first kappa shape index (κ1) is 16.5. The number of hydrogen-bond donors (Lipinski definition) is 1. The molecule has 0 saturated heterocycles. The first-order valence-corrected chi connectivity index (χ1v) is 8.79. The summed E-state index contributed by atoms with van der Waals surface area (Å²) in [6.45, 7) is 11.5. The molecule has 0 radical (unpaired) electrons. The van der Waals surface area contributed by atoms with Gasteiger partial charge in [-0.15, -0.1) is 0 Å². The van der Waals surface area contributed by atoms with Crippen molar-refractivity contribution >= 4 is 0 Å². The minimum absolute atomic E-state index is 0.519. The molecule has 1 fully saturated rings. The van der Waals surface area contributed by atoms with E-state index in [0.717, 1.165) is 19.0 Å². The fourth-order valence-corrected chi connectivity index (χ4v) is 3.55. The summed E-state index contributed by atoms with van der Waals surface area (Å²) in [6, 6.07) is 0.693. The average molecular weight is 291 g/mol. The fraction of sp³-hybridized carbons (Fsp3) is 0.833. The van der Waals surface area contributed by atoms with E-state index in [-0.39, 0.29) is 0 Å². The predicted molar refractivity (Wildman–Crippen MR) is 89.2 cm³/mol. The van der Waals surface area contributed by atoms with E-state index < -0.39 is 0 Å². The summed E-state index contributed by atoms with van der Waals surface area (Å²) in [7, 11) is 0. The molecular weight excluding hydrogens is 258 g/mol. The lowest BCUT2D eigenvalue weighted by Crippen LogP contribution is -2.36. The number of imidazole rings is 1. The first-order valence-electron chi connectivity index (χ1n) is 8.79. The Bertz CT molecular complexity index is 414. The van der Waals surface area contributed by atoms with Crippen LogP contribution in [0.15, 0.2) is 12.5 Å². The maximum absolute atomic E-state index is 4.28. The molecule has 0 atom stereocenters. The van der Waals surface area contributed by atoms with Crippen LogP contribution < -0.4 is 5.32 Å². The third-order valence-corrected chi connectivity index (χ3v) is 5.58. The fourth-order valence-electron chi connectivity index (χ4n) is 3.55. The molecule has 2 rings (SSSR count). The quantitative estimate of drug-likeness (QED) is 0.808. The molecule has 0 bridgehead atoms. The molecule has 1 aliphatic carbocycles. The van der Waals surface area contributed by atoms with Gasteiger partial charge in [0.1, 0.15) is 0 Å². The van der Waals surface area contributed by atoms with Gasteiger partial charge in [0.15, 0.2) is 0 Å². The standard InChI is InChI=1S/C18H33N3/c1-5-11-21-14-19-12-17(21)13-20-16-9-7-15(8-10-16)18(3,4)6-2/h12,14-16,20H,5-11,13H2,1-4H3. The van der Waals surface area contributed by atoms with Crippen molar-refractivity contribution in [2.75, 3.05) is 0 Å². The zero-order valence-corrected chi connectivity index (χ0v) is 14.4. The average Bonchev–Trinajstić information content (AvgIpc) is 2.93. The second kappa shape index (κ2) is 7.44. The Labute approximate surface area is 130 Å². The van der Waals surface area contributed by atoms with Crippen molar-refractivity contribution in [3.8, 4) is 0 Å². The Morgan fingerprint density at radius 3 is 2.57 bits per heavy atom. The molecule has 120 valence electrons. The van der Waals surface area contributed by atoms with E-state index in [1.165, 1.54) is 44.2 Å². The van der Waals surface area contributed by atoms with Gasteiger partial charge >= 0.3 is 0 Å². The molecule has 3 heteroatoms. The number of nitrogens with one attached hydrogen (secondary N) is 1. The molecule has 0 aliphatic heterocycles. The number of hydrogen-bond acceptors (Lipinski definition) is 2. The van der Waals surface area contributed by atoms with Crippen LogP contribution in [0.3, 0.4) is 0 Å². The molecule has 3 nitrogen and oxygen atoms in total. The van der Waals surface area contributed by atoms with Crippen LogP contribution in [0, 0.1) is 11.3 Å². The van der Waals surface area contributed by atoms with Gasteiger partial charge in [0.2, 0.25) is 0 Å². The van der Waals surface area contributed by atoms with Crippen molar-refractivity contribution in [3.63, 3.8) is 0 Å². The van der Waals surface area contributed by atoms with Crippen LogP contribution >= 0.6 is 0 Å². The third kappa shape index (κ3) is 4.32. The van der Waals surface area contributed by atoms with Gasteiger partial charge in [-0.25, -0.2) is 4.98 Å². The second-order valence-electron chi connectivity index (χ2n) is 7.35. The van der Waals surface area contributed by atoms with E-state index in [1.54, 1.807) is 0 Å². The van der Waals surface area contributed by atoms with Gasteiger partial charge in [0, 0.05) is 25.3 Å². The largest absolute Gasteiger partial charge is 0.333 e. The zero-order chi connectivity index (χ0) is 15.3. The van der Waals surface area contributed by atoms with Gasteiger partial charge in [-0.1, -0.05) is 34.1 Å². The van der Waals surface area contributed by atoms with E-state index in [2.05, 4.69) is 42.6 Å².